The Morgan fingerprint density at radius 1 is 1.30 bits per heavy atom. The Bertz CT molecular complexity index is 753. The Morgan fingerprint density at radius 2 is 2.00 bits per heavy atom. The van der Waals surface area contributed by atoms with Crippen molar-refractivity contribution in [1.82, 2.24) is 20.9 Å². The van der Waals surface area contributed by atoms with Gasteiger partial charge in [-0.1, -0.05) is 33.6 Å². The Balaban J connectivity index is 3.24. The van der Waals surface area contributed by atoms with Gasteiger partial charge in [-0.05, 0) is 44.7 Å². The van der Waals surface area contributed by atoms with Crippen LogP contribution in [-0.2, 0) is 19.1 Å². The zero-order valence-electron chi connectivity index (χ0n) is 20.4. The molecule has 4 unspecified atom stereocenters. The SMILES string of the molecule is C=C/C1=C(\C=C/C)OCCNC(P(C)CC)C(=O)N(C)C(C(C)O)C(=O)NCC(=O)NCC1. The minimum absolute atomic E-state index is 0.257. The summed E-state index contributed by atoms with van der Waals surface area (Å²) in [7, 11) is 0.781. The second-order valence-corrected chi connectivity index (χ2v) is 10.5. The van der Waals surface area contributed by atoms with Crippen LogP contribution in [0.2, 0.25) is 0 Å². The molecular weight excluding hydrogens is 443 g/mol. The molecule has 0 aromatic carbocycles. The van der Waals surface area contributed by atoms with Gasteiger partial charge in [0, 0.05) is 20.1 Å². The number of carbonyl (C=O) groups is 3. The number of nitrogens with one attached hydrogen (secondary N) is 3. The van der Waals surface area contributed by atoms with Gasteiger partial charge in [-0.25, -0.2) is 0 Å². The summed E-state index contributed by atoms with van der Waals surface area (Å²) in [6, 6.07) is -1.11. The highest BCUT2D eigenvalue weighted by Crippen LogP contribution is 2.36. The molecule has 10 heteroatoms. The molecule has 0 bridgehead atoms. The van der Waals surface area contributed by atoms with Gasteiger partial charge < -0.3 is 25.4 Å². The molecule has 0 aromatic heterocycles. The number of rotatable bonds is 5. The molecule has 1 heterocycles. The Hall–Kier alpha value is -2.22. The molecule has 0 aromatic rings. The molecule has 0 aliphatic carbocycles. The first-order valence-electron chi connectivity index (χ1n) is 11.2. The van der Waals surface area contributed by atoms with E-state index in [1.54, 1.807) is 6.08 Å². The van der Waals surface area contributed by atoms with Crippen molar-refractivity contribution >= 4 is 25.6 Å². The van der Waals surface area contributed by atoms with Crippen LogP contribution in [0.5, 0.6) is 0 Å². The van der Waals surface area contributed by atoms with Gasteiger partial charge in [0.15, 0.2) is 0 Å². The fourth-order valence-corrected chi connectivity index (χ4v) is 4.78. The standard InChI is InChI=1S/C23H39N4O5P/c1-7-10-18-17(8-2)11-12-24-19(29)15-26-21(30)20(16(4)28)27(5)23(31)22(33(6)9-3)25-13-14-32-18/h7-8,10,16,20,22,25,28H,2,9,11-15H2,1,3-6H3,(H,24,29)(H,26,30)/b10-7-,18-17-. The van der Waals surface area contributed by atoms with Gasteiger partial charge in [-0.15, -0.1) is 0 Å². The summed E-state index contributed by atoms with van der Waals surface area (Å²) in [6.07, 6.45) is 5.61. The molecule has 0 spiro atoms. The Kier molecular flexibility index (Phi) is 13.0. The minimum Gasteiger partial charge on any atom is -0.492 e. The van der Waals surface area contributed by atoms with E-state index < -0.39 is 31.8 Å². The van der Waals surface area contributed by atoms with Crippen molar-refractivity contribution in [3.63, 3.8) is 0 Å². The van der Waals surface area contributed by atoms with Crippen LogP contribution in [0.15, 0.2) is 36.1 Å². The van der Waals surface area contributed by atoms with Crippen molar-refractivity contribution in [1.29, 1.82) is 0 Å². The minimum atomic E-state index is -1.11. The highest BCUT2D eigenvalue weighted by atomic mass is 31.1. The third kappa shape index (κ3) is 8.91. The number of aliphatic hydroxyl groups is 1. The molecule has 1 aliphatic rings. The maximum Gasteiger partial charge on any atom is 0.245 e. The second-order valence-electron chi connectivity index (χ2n) is 7.82. The van der Waals surface area contributed by atoms with Gasteiger partial charge in [0.1, 0.15) is 24.2 Å². The summed E-state index contributed by atoms with van der Waals surface area (Å²) in [5, 5.41) is 18.8. The molecule has 1 rings (SSSR count). The molecule has 186 valence electrons. The predicted octanol–water partition coefficient (Wildman–Crippen LogP) is 0.910. The molecule has 0 radical (unpaired) electrons. The van der Waals surface area contributed by atoms with Gasteiger partial charge >= 0.3 is 0 Å². The van der Waals surface area contributed by atoms with E-state index in [0.717, 1.165) is 11.7 Å². The van der Waals surface area contributed by atoms with Gasteiger partial charge in [-0.3, -0.25) is 19.7 Å². The number of allylic oxidation sites excluding steroid dienone is 3. The van der Waals surface area contributed by atoms with E-state index in [-0.39, 0.29) is 18.4 Å². The van der Waals surface area contributed by atoms with Gasteiger partial charge in [0.2, 0.25) is 17.7 Å². The van der Waals surface area contributed by atoms with Crippen LogP contribution < -0.4 is 16.0 Å². The number of aliphatic hydroxyl groups excluding tert-OH is 1. The highest BCUT2D eigenvalue weighted by molar-refractivity contribution is 7.58. The molecule has 33 heavy (non-hydrogen) atoms. The molecule has 0 fully saturated rings. The van der Waals surface area contributed by atoms with Crippen LogP contribution >= 0.6 is 7.92 Å². The van der Waals surface area contributed by atoms with Gasteiger partial charge in [-0.2, -0.15) is 0 Å². The number of likely N-dealkylation sites (N-methyl/N-ethyl adjacent to an activating group) is 1. The van der Waals surface area contributed by atoms with Crippen LogP contribution in [0, 0.1) is 0 Å². The normalized spacial score (nSPS) is 26.7. The van der Waals surface area contributed by atoms with E-state index in [1.165, 1.54) is 18.9 Å². The average molecular weight is 483 g/mol. The van der Waals surface area contributed by atoms with Crippen LogP contribution in [-0.4, -0.2) is 91.8 Å². The third-order valence-electron chi connectivity index (χ3n) is 5.38. The van der Waals surface area contributed by atoms with E-state index in [9.17, 15) is 19.5 Å². The van der Waals surface area contributed by atoms with E-state index in [1.807, 2.05) is 32.7 Å². The summed E-state index contributed by atoms with van der Waals surface area (Å²) in [5.41, 5.74) is 0.842. The van der Waals surface area contributed by atoms with E-state index in [0.29, 0.717) is 31.9 Å². The van der Waals surface area contributed by atoms with Crippen molar-refractivity contribution in [2.24, 2.45) is 0 Å². The summed E-state index contributed by atoms with van der Waals surface area (Å²) >= 11 is 0. The number of hydrogen-bond donors (Lipinski definition) is 4. The highest BCUT2D eigenvalue weighted by Gasteiger charge is 2.35. The summed E-state index contributed by atoms with van der Waals surface area (Å²) < 4.78 is 5.96. The quantitative estimate of drug-likeness (QED) is 0.433. The lowest BCUT2D eigenvalue weighted by Crippen LogP contribution is -2.57. The van der Waals surface area contributed by atoms with Crippen LogP contribution in [0.4, 0.5) is 0 Å². The predicted molar refractivity (Wildman–Crippen MR) is 132 cm³/mol. The topological polar surface area (TPSA) is 120 Å². The van der Waals surface area contributed by atoms with Crippen molar-refractivity contribution in [2.75, 3.05) is 46.1 Å². The molecule has 9 nitrogen and oxygen atoms in total. The second kappa shape index (κ2) is 14.8. The van der Waals surface area contributed by atoms with E-state index in [4.69, 9.17) is 4.74 Å². The lowest BCUT2D eigenvalue weighted by Gasteiger charge is -2.34. The van der Waals surface area contributed by atoms with E-state index in [2.05, 4.69) is 22.5 Å². The molecule has 3 amide bonds. The number of ether oxygens (including phenoxy) is 1. The van der Waals surface area contributed by atoms with Crippen LogP contribution in [0.1, 0.15) is 27.2 Å². The zero-order valence-corrected chi connectivity index (χ0v) is 21.3. The van der Waals surface area contributed by atoms with Gasteiger partial charge in [0.25, 0.3) is 0 Å². The number of carbonyl (C=O) groups excluding carboxylic acids is 3. The average Bonchev–Trinajstić information content (AvgIpc) is 2.78. The number of amides is 3. The van der Waals surface area contributed by atoms with Crippen LogP contribution in [0.25, 0.3) is 0 Å². The fraction of sp³-hybridized carbons (Fsp3) is 0.609. The smallest absolute Gasteiger partial charge is 0.245 e. The summed E-state index contributed by atoms with van der Waals surface area (Å²) in [6.45, 7) is 12.0. The molecule has 0 saturated heterocycles. The zero-order chi connectivity index (χ0) is 25.0. The molecular formula is C23H39N4O5P. The van der Waals surface area contributed by atoms with Crippen molar-refractivity contribution in [3.8, 4) is 0 Å². The summed E-state index contributed by atoms with van der Waals surface area (Å²) in [4.78, 5) is 39.6. The Labute approximate surface area is 198 Å². The van der Waals surface area contributed by atoms with Crippen molar-refractivity contribution in [3.05, 3.63) is 36.1 Å². The number of hydrogen-bond acceptors (Lipinski definition) is 6. The molecule has 1 aliphatic heterocycles. The third-order valence-corrected chi connectivity index (χ3v) is 7.66. The summed E-state index contributed by atoms with van der Waals surface area (Å²) in [5.74, 6) is -1.08. The fourth-order valence-electron chi connectivity index (χ4n) is 3.42. The first-order chi connectivity index (χ1) is 15.7. The van der Waals surface area contributed by atoms with Crippen LogP contribution in [0.3, 0.4) is 0 Å². The van der Waals surface area contributed by atoms with Crippen molar-refractivity contribution < 1.29 is 24.2 Å². The molecule has 4 atom stereocenters. The first-order valence-corrected chi connectivity index (χ1v) is 13.3. The maximum absolute atomic E-state index is 13.3. The molecule has 0 saturated carbocycles. The van der Waals surface area contributed by atoms with Gasteiger partial charge in [0.05, 0.1) is 12.6 Å². The number of nitrogens with zero attached hydrogens (tertiary/aromatic N) is 1. The lowest BCUT2D eigenvalue weighted by atomic mass is 10.1. The lowest BCUT2D eigenvalue weighted by molar-refractivity contribution is -0.143. The van der Waals surface area contributed by atoms with E-state index >= 15 is 0 Å². The monoisotopic (exact) mass is 482 g/mol. The molecule has 4 N–H and O–H groups in total. The first kappa shape index (κ1) is 28.8. The largest absolute Gasteiger partial charge is 0.492 e. The van der Waals surface area contributed by atoms with Crippen molar-refractivity contribution in [2.45, 2.75) is 45.1 Å². The maximum atomic E-state index is 13.3. The Morgan fingerprint density at radius 3 is 2.58 bits per heavy atom.